The molecule has 0 bridgehead atoms. The van der Waals surface area contributed by atoms with Crippen molar-refractivity contribution in [1.29, 1.82) is 0 Å². The van der Waals surface area contributed by atoms with Gasteiger partial charge in [0, 0.05) is 7.05 Å². The molecule has 1 aromatic heterocycles. The molecule has 13 heteroatoms. The van der Waals surface area contributed by atoms with E-state index < -0.39 is 30.5 Å². The predicted octanol–water partition coefficient (Wildman–Crippen LogP) is 0.00880. The summed E-state index contributed by atoms with van der Waals surface area (Å²) in [5.41, 5.74) is 0.736. The Bertz CT molecular complexity index is 1250. The van der Waals surface area contributed by atoms with Gasteiger partial charge in [-0.15, -0.1) is 5.10 Å². The normalized spacial score (nSPS) is 14.3. The zero-order chi connectivity index (χ0) is 24.8. The molecule has 0 saturated heterocycles. The summed E-state index contributed by atoms with van der Waals surface area (Å²) in [6.07, 6.45) is 0.370. The number of nitrogens with one attached hydrogen (secondary N) is 2. The Morgan fingerprint density at radius 1 is 1.11 bits per heavy atom. The van der Waals surface area contributed by atoms with Crippen molar-refractivity contribution in [1.82, 2.24) is 25.5 Å². The maximum absolute atomic E-state index is 13.0. The van der Waals surface area contributed by atoms with Crippen molar-refractivity contribution in [2.45, 2.75) is 12.6 Å². The van der Waals surface area contributed by atoms with Gasteiger partial charge >= 0.3 is 5.97 Å². The van der Waals surface area contributed by atoms with Crippen LogP contribution in [-0.4, -0.2) is 70.2 Å². The van der Waals surface area contributed by atoms with Crippen LogP contribution in [0.1, 0.15) is 10.4 Å². The molecule has 0 aliphatic carbocycles. The lowest BCUT2D eigenvalue weighted by molar-refractivity contribution is -0.128. The van der Waals surface area contributed by atoms with Crippen molar-refractivity contribution in [2.75, 3.05) is 30.4 Å². The van der Waals surface area contributed by atoms with Crippen LogP contribution < -0.4 is 20.3 Å². The Hall–Kier alpha value is -4.81. The van der Waals surface area contributed by atoms with E-state index in [0.29, 0.717) is 11.4 Å². The highest BCUT2D eigenvalue weighted by molar-refractivity contribution is 6.03. The average molecular weight is 479 g/mol. The van der Waals surface area contributed by atoms with E-state index in [-0.39, 0.29) is 30.2 Å². The topological polar surface area (TPSA) is 158 Å². The molecule has 0 radical (unpaired) electrons. The van der Waals surface area contributed by atoms with E-state index in [1.165, 1.54) is 35.1 Å². The van der Waals surface area contributed by atoms with E-state index in [1.54, 1.807) is 36.4 Å². The van der Waals surface area contributed by atoms with Gasteiger partial charge in [-0.05, 0) is 34.7 Å². The van der Waals surface area contributed by atoms with Gasteiger partial charge in [-0.1, -0.05) is 24.3 Å². The van der Waals surface area contributed by atoms with E-state index in [2.05, 4.69) is 26.2 Å². The molecule has 1 aliphatic rings. The molecule has 4 rings (SSSR count). The number of para-hydroxylation sites is 3. The first-order valence-electron chi connectivity index (χ1n) is 10.5. The van der Waals surface area contributed by atoms with Crippen molar-refractivity contribution >= 4 is 35.1 Å². The molecule has 1 atom stereocenters. The first kappa shape index (κ1) is 23.4. The summed E-state index contributed by atoms with van der Waals surface area (Å²) in [6.45, 7) is -0.783. The summed E-state index contributed by atoms with van der Waals surface area (Å²) in [6, 6.07) is 13.0. The molecule has 3 aromatic rings. The van der Waals surface area contributed by atoms with Crippen molar-refractivity contribution in [3.63, 3.8) is 0 Å². The predicted molar refractivity (Wildman–Crippen MR) is 120 cm³/mol. The van der Waals surface area contributed by atoms with Gasteiger partial charge in [0.15, 0.2) is 12.7 Å². The number of nitrogens with zero attached hydrogens (tertiary/aromatic N) is 5. The fourth-order valence-electron chi connectivity index (χ4n) is 3.41. The Kier molecular flexibility index (Phi) is 6.95. The van der Waals surface area contributed by atoms with Crippen molar-refractivity contribution in [3.8, 4) is 5.75 Å². The minimum Gasteiger partial charge on any atom is -0.477 e. The molecule has 0 spiro atoms. The van der Waals surface area contributed by atoms with Crippen LogP contribution in [0.25, 0.3) is 0 Å². The van der Waals surface area contributed by atoms with Crippen molar-refractivity contribution < 1.29 is 28.7 Å². The molecular formula is C22H21N7O6. The van der Waals surface area contributed by atoms with E-state index in [9.17, 15) is 19.2 Å². The Balaban J connectivity index is 1.43. The zero-order valence-corrected chi connectivity index (χ0v) is 18.6. The van der Waals surface area contributed by atoms with Crippen LogP contribution in [0.5, 0.6) is 5.75 Å². The number of carbonyl (C=O) groups excluding carboxylic acids is 4. The molecule has 3 amide bonds. The molecule has 1 unspecified atom stereocenters. The van der Waals surface area contributed by atoms with Gasteiger partial charge in [-0.3, -0.25) is 14.4 Å². The molecular weight excluding hydrogens is 458 g/mol. The third-order valence-electron chi connectivity index (χ3n) is 5.06. The van der Waals surface area contributed by atoms with Gasteiger partial charge in [-0.25, -0.2) is 9.48 Å². The second kappa shape index (κ2) is 10.4. The number of likely N-dealkylation sites (N-methyl/N-ethyl adjacent to an activating group) is 1. The number of hydrogen-bond acceptors (Lipinski definition) is 9. The van der Waals surface area contributed by atoms with Crippen LogP contribution in [0.3, 0.4) is 0 Å². The van der Waals surface area contributed by atoms with Crippen LogP contribution >= 0.6 is 0 Å². The second-order valence-corrected chi connectivity index (χ2v) is 7.37. The summed E-state index contributed by atoms with van der Waals surface area (Å²) in [5.74, 6) is -1.83. The summed E-state index contributed by atoms with van der Waals surface area (Å²) in [5, 5.41) is 15.6. The number of fused-ring (bicyclic) bond motifs is 1. The minimum absolute atomic E-state index is 0.0448. The molecule has 0 fully saturated rings. The van der Waals surface area contributed by atoms with Crippen molar-refractivity contribution in [3.05, 3.63) is 60.4 Å². The van der Waals surface area contributed by atoms with Gasteiger partial charge in [0.1, 0.15) is 18.6 Å². The van der Waals surface area contributed by atoms with Gasteiger partial charge in [-0.2, -0.15) is 0 Å². The number of carbonyl (C=O) groups is 4. The smallest absolute Gasteiger partial charge is 0.340 e. The number of rotatable bonds is 7. The Morgan fingerprint density at radius 3 is 2.66 bits per heavy atom. The molecule has 180 valence electrons. The Morgan fingerprint density at radius 2 is 1.89 bits per heavy atom. The lowest BCUT2D eigenvalue weighted by atomic mass is 10.1. The molecule has 35 heavy (non-hydrogen) atoms. The van der Waals surface area contributed by atoms with Gasteiger partial charge in [0.25, 0.3) is 11.8 Å². The minimum atomic E-state index is -0.911. The van der Waals surface area contributed by atoms with Crippen molar-refractivity contribution in [2.24, 2.45) is 0 Å². The monoisotopic (exact) mass is 479 g/mol. The number of benzene rings is 2. The lowest BCUT2D eigenvalue weighted by Crippen LogP contribution is -2.51. The highest BCUT2D eigenvalue weighted by Gasteiger charge is 2.33. The number of tetrazole rings is 1. The van der Waals surface area contributed by atoms with Gasteiger partial charge in [0.05, 0.1) is 23.5 Å². The molecule has 1 aliphatic heterocycles. The number of anilines is 2. The van der Waals surface area contributed by atoms with Crippen LogP contribution in [0.2, 0.25) is 0 Å². The van der Waals surface area contributed by atoms with E-state index in [4.69, 9.17) is 9.47 Å². The number of hydrogen-bond donors (Lipinski definition) is 2. The standard InChI is InChI=1S/C22H21N7O6/c1-23-21(32)18-10-29(16-8-4-5-9-17(16)35-18)20(31)12-34-22(33)14-6-2-3-7-15(14)25-19(30)11-28-13-24-26-27-28/h2-9,13,18H,10-12H2,1H3,(H,23,32)(H,25,30). The maximum atomic E-state index is 13.0. The first-order chi connectivity index (χ1) is 17.0. The van der Waals surface area contributed by atoms with E-state index in [0.717, 1.165) is 0 Å². The zero-order valence-electron chi connectivity index (χ0n) is 18.6. The number of amides is 3. The van der Waals surface area contributed by atoms with Gasteiger partial charge < -0.3 is 25.0 Å². The van der Waals surface area contributed by atoms with E-state index in [1.807, 2.05) is 0 Å². The molecule has 2 heterocycles. The molecule has 2 aromatic carbocycles. The largest absolute Gasteiger partial charge is 0.477 e. The summed E-state index contributed by atoms with van der Waals surface area (Å²) < 4.78 is 12.2. The highest BCUT2D eigenvalue weighted by atomic mass is 16.5. The highest BCUT2D eigenvalue weighted by Crippen LogP contribution is 2.33. The molecule has 0 saturated carbocycles. The van der Waals surface area contributed by atoms with Crippen LogP contribution in [0.4, 0.5) is 11.4 Å². The quantitative estimate of drug-likeness (QED) is 0.445. The molecule has 2 N–H and O–H groups in total. The Labute approximate surface area is 199 Å². The van der Waals surface area contributed by atoms with Crippen LogP contribution in [-0.2, 0) is 25.7 Å². The molecule has 13 nitrogen and oxygen atoms in total. The SMILES string of the molecule is CNC(=O)C1CN(C(=O)COC(=O)c2ccccc2NC(=O)Cn2cnnn2)c2ccccc2O1. The maximum Gasteiger partial charge on any atom is 0.340 e. The lowest BCUT2D eigenvalue weighted by Gasteiger charge is -2.33. The third kappa shape index (κ3) is 5.40. The average Bonchev–Trinajstić information content (AvgIpc) is 3.39. The summed E-state index contributed by atoms with van der Waals surface area (Å²) >= 11 is 0. The third-order valence-corrected chi connectivity index (χ3v) is 5.06. The van der Waals surface area contributed by atoms with Gasteiger partial charge in [0.2, 0.25) is 5.91 Å². The number of ether oxygens (including phenoxy) is 2. The van der Waals surface area contributed by atoms with E-state index >= 15 is 0 Å². The number of aromatic nitrogens is 4. The second-order valence-electron chi connectivity index (χ2n) is 7.37. The fraction of sp³-hybridized carbons (Fsp3) is 0.227. The van der Waals surface area contributed by atoms with Crippen LogP contribution in [0.15, 0.2) is 54.9 Å². The summed E-state index contributed by atoms with van der Waals surface area (Å²) in [7, 11) is 1.47. The van der Waals surface area contributed by atoms with Crippen LogP contribution in [0, 0.1) is 0 Å². The number of esters is 1. The first-order valence-corrected chi connectivity index (χ1v) is 10.5. The summed E-state index contributed by atoms with van der Waals surface area (Å²) in [4.78, 5) is 51.4. The fourth-order valence-corrected chi connectivity index (χ4v) is 3.41.